The van der Waals surface area contributed by atoms with Crippen LogP contribution in [0.15, 0.2) is 18.2 Å². The summed E-state index contributed by atoms with van der Waals surface area (Å²) < 4.78 is 0. The number of hydrogen-bond acceptors (Lipinski definition) is 2. The van der Waals surface area contributed by atoms with Crippen LogP contribution >= 0.6 is 12.4 Å². The van der Waals surface area contributed by atoms with Gasteiger partial charge in [-0.25, -0.2) is 0 Å². The third-order valence-corrected chi connectivity index (χ3v) is 1.75. The van der Waals surface area contributed by atoms with Crippen LogP contribution in [0.5, 0.6) is 5.75 Å². The monoisotopic (exact) mass is 187 g/mol. The van der Waals surface area contributed by atoms with Crippen LogP contribution in [0.2, 0.25) is 0 Å². The largest absolute Gasteiger partial charge is 0.508 e. The van der Waals surface area contributed by atoms with Crippen LogP contribution in [0, 0.1) is 6.92 Å². The van der Waals surface area contributed by atoms with Gasteiger partial charge in [-0.2, -0.15) is 0 Å². The van der Waals surface area contributed by atoms with Gasteiger partial charge < -0.3 is 10.8 Å². The summed E-state index contributed by atoms with van der Waals surface area (Å²) in [5, 5.41) is 9.18. The number of halogens is 1. The summed E-state index contributed by atoms with van der Waals surface area (Å²) >= 11 is 0. The molecule has 1 rings (SSSR count). The van der Waals surface area contributed by atoms with E-state index >= 15 is 0 Å². The first-order valence-electron chi connectivity index (χ1n) is 3.66. The number of phenolic OH excluding ortho intramolecular Hbond substituents is 1. The van der Waals surface area contributed by atoms with Crippen molar-refractivity contribution in [1.29, 1.82) is 0 Å². The summed E-state index contributed by atoms with van der Waals surface area (Å²) in [5.41, 5.74) is 7.58. The number of aromatic hydroxyl groups is 1. The topological polar surface area (TPSA) is 46.2 Å². The van der Waals surface area contributed by atoms with Crippen molar-refractivity contribution in [3.8, 4) is 5.75 Å². The summed E-state index contributed by atoms with van der Waals surface area (Å²) in [4.78, 5) is 0. The lowest BCUT2D eigenvalue weighted by molar-refractivity contribution is 0.470. The van der Waals surface area contributed by atoms with E-state index in [1.807, 2.05) is 26.0 Å². The minimum atomic E-state index is 0. The molecular formula is C9H14ClNO. The molecule has 0 bridgehead atoms. The van der Waals surface area contributed by atoms with Gasteiger partial charge in [-0.1, -0.05) is 12.1 Å². The van der Waals surface area contributed by atoms with Crippen LogP contribution in [0.25, 0.3) is 0 Å². The first kappa shape index (κ1) is 11.3. The molecule has 0 unspecified atom stereocenters. The van der Waals surface area contributed by atoms with E-state index in [1.165, 1.54) is 0 Å². The van der Waals surface area contributed by atoms with Crippen molar-refractivity contribution >= 4 is 12.4 Å². The lowest BCUT2D eigenvalue weighted by atomic mass is 10.1. The van der Waals surface area contributed by atoms with E-state index in [-0.39, 0.29) is 18.4 Å². The van der Waals surface area contributed by atoms with Crippen molar-refractivity contribution in [2.45, 2.75) is 19.9 Å². The van der Waals surface area contributed by atoms with Crippen LogP contribution in [-0.4, -0.2) is 5.11 Å². The fourth-order valence-corrected chi connectivity index (χ4v) is 0.962. The second-order valence-corrected chi connectivity index (χ2v) is 2.83. The number of aryl methyl sites for hydroxylation is 1. The molecule has 0 spiro atoms. The van der Waals surface area contributed by atoms with Crippen LogP contribution in [0.3, 0.4) is 0 Å². The quantitative estimate of drug-likeness (QED) is 0.708. The van der Waals surface area contributed by atoms with Gasteiger partial charge in [0.2, 0.25) is 0 Å². The van der Waals surface area contributed by atoms with E-state index in [9.17, 15) is 5.11 Å². The van der Waals surface area contributed by atoms with E-state index in [2.05, 4.69) is 0 Å². The molecule has 0 radical (unpaired) electrons. The van der Waals surface area contributed by atoms with Gasteiger partial charge in [0.25, 0.3) is 0 Å². The first-order valence-corrected chi connectivity index (χ1v) is 3.66. The fraction of sp³-hybridized carbons (Fsp3) is 0.333. The average molecular weight is 188 g/mol. The van der Waals surface area contributed by atoms with Crippen molar-refractivity contribution in [3.63, 3.8) is 0 Å². The summed E-state index contributed by atoms with van der Waals surface area (Å²) in [6, 6.07) is 5.45. The molecular weight excluding hydrogens is 174 g/mol. The summed E-state index contributed by atoms with van der Waals surface area (Å²) in [6.07, 6.45) is 0. The lowest BCUT2D eigenvalue weighted by Gasteiger charge is -2.06. The van der Waals surface area contributed by atoms with Gasteiger partial charge in [0, 0.05) is 6.04 Å². The Labute approximate surface area is 78.8 Å². The van der Waals surface area contributed by atoms with Crippen LogP contribution < -0.4 is 5.73 Å². The van der Waals surface area contributed by atoms with Crippen LogP contribution in [-0.2, 0) is 0 Å². The highest BCUT2D eigenvalue weighted by atomic mass is 35.5. The van der Waals surface area contributed by atoms with Gasteiger partial charge >= 0.3 is 0 Å². The highest BCUT2D eigenvalue weighted by Crippen LogP contribution is 2.19. The Kier molecular flexibility index (Phi) is 4.07. The molecule has 0 aliphatic heterocycles. The molecule has 12 heavy (non-hydrogen) atoms. The molecule has 68 valence electrons. The normalized spacial score (nSPS) is 11.9. The predicted molar refractivity (Wildman–Crippen MR) is 52.7 cm³/mol. The summed E-state index contributed by atoms with van der Waals surface area (Å²) in [7, 11) is 0. The zero-order valence-electron chi connectivity index (χ0n) is 7.24. The lowest BCUT2D eigenvalue weighted by Crippen LogP contribution is -2.04. The van der Waals surface area contributed by atoms with Crippen molar-refractivity contribution < 1.29 is 5.11 Å². The molecule has 2 nitrogen and oxygen atoms in total. The molecule has 3 N–H and O–H groups in total. The molecule has 1 aromatic carbocycles. The number of hydrogen-bond donors (Lipinski definition) is 2. The number of benzene rings is 1. The number of phenols is 1. The van der Waals surface area contributed by atoms with E-state index < -0.39 is 0 Å². The Morgan fingerprint density at radius 1 is 1.42 bits per heavy atom. The van der Waals surface area contributed by atoms with Crippen molar-refractivity contribution in [1.82, 2.24) is 0 Å². The number of rotatable bonds is 1. The minimum Gasteiger partial charge on any atom is -0.508 e. The van der Waals surface area contributed by atoms with E-state index in [4.69, 9.17) is 5.73 Å². The second kappa shape index (κ2) is 4.33. The maximum absolute atomic E-state index is 9.18. The van der Waals surface area contributed by atoms with E-state index in [0.717, 1.165) is 11.1 Å². The molecule has 0 saturated carbocycles. The highest BCUT2D eigenvalue weighted by Gasteiger charge is 2.00. The molecule has 0 heterocycles. The van der Waals surface area contributed by atoms with Gasteiger partial charge in [0.1, 0.15) is 5.75 Å². The van der Waals surface area contributed by atoms with Crippen LogP contribution in [0.4, 0.5) is 0 Å². The molecule has 3 heteroatoms. The Morgan fingerprint density at radius 3 is 2.42 bits per heavy atom. The van der Waals surface area contributed by atoms with Gasteiger partial charge in [-0.05, 0) is 31.0 Å². The standard InChI is InChI=1S/C9H13NO.ClH/c1-6-5-8(7(2)10)3-4-9(6)11;/h3-5,7,11H,10H2,1-2H3;1H/t7-;/m0./s1. The van der Waals surface area contributed by atoms with Gasteiger partial charge in [-0.15, -0.1) is 12.4 Å². The predicted octanol–water partition coefficient (Wildman–Crippen LogP) is 2.14. The zero-order valence-corrected chi connectivity index (χ0v) is 8.06. The maximum atomic E-state index is 9.18. The number of nitrogens with two attached hydrogens (primary N) is 1. The van der Waals surface area contributed by atoms with Crippen molar-refractivity contribution in [2.75, 3.05) is 0 Å². The Bertz CT molecular complexity index is 261. The molecule has 1 aromatic rings. The SMILES string of the molecule is Cc1cc([C@H](C)N)ccc1O.Cl. The summed E-state index contributed by atoms with van der Waals surface area (Å²) in [5.74, 6) is 0.328. The van der Waals surface area contributed by atoms with Crippen LogP contribution in [0.1, 0.15) is 24.1 Å². The molecule has 0 saturated heterocycles. The minimum absolute atomic E-state index is 0. The molecule has 0 fully saturated rings. The molecule has 0 aromatic heterocycles. The zero-order chi connectivity index (χ0) is 8.43. The second-order valence-electron chi connectivity index (χ2n) is 2.83. The van der Waals surface area contributed by atoms with Gasteiger partial charge in [-0.3, -0.25) is 0 Å². The third-order valence-electron chi connectivity index (χ3n) is 1.75. The Balaban J connectivity index is 0.00000121. The maximum Gasteiger partial charge on any atom is 0.118 e. The van der Waals surface area contributed by atoms with E-state index in [0.29, 0.717) is 5.75 Å². The van der Waals surface area contributed by atoms with E-state index in [1.54, 1.807) is 6.07 Å². The Morgan fingerprint density at radius 2 is 2.00 bits per heavy atom. The first-order chi connectivity index (χ1) is 5.11. The molecule has 0 aliphatic carbocycles. The highest BCUT2D eigenvalue weighted by molar-refractivity contribution is 5.85. The Hall–Kier alpha value is -0.730. The third kappa shape index (κ3) is 2.40. The van der Waals surface area contributed by atoms with Gasteiger partial charge in [0.05, 0.1) is 0 Å². The molecule has 1 atom stereocenters. The molecule has 0 aliphatic rings. The van der Waals surface area contributed by atoms with Gasteiger partial charge in [0.15, 0.2) is 0 Å². The summed E-state index contributed by atoms with van der Waals surface area (Å²) in [6.45, 7) is 3.78. The average Bonchev–Trinajstić information content (AvgIpc) is 1.94. The molecule has 0 amide bonds. The van der Waals surface area contributed by atoms with Crippen molar-refractivity contribution in [2.24, 2.45) is 5.73 Å². The smallest absolute Gasteiger partial charge is 0.118 e. The fourth-order valence-electron chi connectivity index (χ4n) is 0.962. The van der Waals surface area contributed by atoms with Crippen molar-refractivity contribution in [3.05, 3.63) is 29.3 Å².